The molecule has 0 aromatic heterocycles. The Labute approximate surface area is 43.5 Å². The van der Waals surface area contributed by atoms with Crippen LogP contribution in [0.3, 0.4) is 0 Å². The molecular weight excluding hydrogens is 84.1 g/mol. The second-order valence-electron chi connectivity index (χ2n) is 2.44. The predicted octanol–water partition coefficient (Wildman–Crippen LogP) is 1.89. The number of hydrogen-bond donors (Lipinski definition) is 0. The summed E-state index contributed by atoms with van der Waals surface area (Å²) in [5.41, 5.74) is 3.11. The largest absolute Gasteiger partial charge is 0.0741 e. The zero-order chi connectivity index (χ0) is 4.85. The molecule has 0 bridgehead atoms. The Bertz CT molecular complexity index is 161. The van der Waals surface area contributed by atoms with Gasteiger partial charge in [-0.3, -0.25) is 0 Å². The van der Waals surface area contributed by atoms with Gasteiger partial charge in [0.2, 0.25) is 0 Å². The Balaban J connectivity index is 2.41. The van der Waals surface area contributed by atoms with E-state index in [4.69, 9.17) is 0 Å². The standard InChI is InChI=1S/C7H8/c1-5-2-6-4-7(6)3-5/h2-3,6H,4H2,1H3. The molecule has 0 aliphatic heterocycles. The molecule has 0 amide bonds. The molecule has 0 aromatic rings. The first-order chi connectivity index (χ1) is 3.36. The van der Waals surface area contributed by atoms with Crippen LogP contribution in [0.5, 0.6) is 0 Å². The van der Waals surface area contributed by atoms with Crippen LogP contribution in [0.1, 0.15) is 13.3 Å². The van der Waals surface area contributed by atoms with Crippen molar-refractivity contribution in [1.29, 1.82) is 0 Å². The quantitative estimate of drug-likeness (QED) is 0.428. The highest BCUT2D eigenvalue weighted by molar-refractivity contribution is 5.44. The highest BCUT2D eigenvalue weighted by atomic mass is 14.3. The van der Waals surface area contributed by atoms with E-state index >= 15 is 0 Å². The molecule has 2 rings (SSSR count). The minimum absolute atomic E-state index is 0.889. The van der Waals surface area contributed by atoms with Crippen molar-refractivity contribution in [3.63, 3.8) is 0 Å². The first-order valence-corrected chi connectivity index (χ1v) is 2.75. The van der Waals surface area contributed by atoms with Crippen LogP contribution in [-0.2, 0) is 0 Å². The first kappa shape index (κ1) is 3.48. The monoisotopic (exact) mass is 92.1 g/mol. The van der Waals surface area contributed by atoms with Crippen LogP contribution in [-0.4, -0.2) is 0 Å². The summed E-state index contributed by atoms with van der Waals surface area (Å²) < 4.78 is 0. The van der Waals surface area contributed by atoms with Gasteiger partial charge >= 0.3 is 0 Å². The van der Waals surface area contributed by atoms with Gasteiger partial charge in [-0.1, -0.05) is 23.3 Å². The zero-order valence-electron chi connectivity index (χ0n) is 4.44. The predicted molar refractivity (Wildman–Crippen MR) is 29.9 cm³/mol. The lowest BCUT2D eigenvalue weighted by Crippen LogP contribution is -1.61. The van der Waals surface area contributed by atoms with Crippen molar-refractivity contribution in [2.75, 3.05) is 0 Å². The molecule has 1 atom stereocenters. The van der Waals surface area contributed by atoms with E-state index in [2.05, 4.69) is 19.1 Å². The zero-order valence-corrected chi connectivity index (χ0v) is 4.44. The summed E-state index contributed by atoms with van der Waals surface area (Å²) in [5.74, 6) is 0.889. The van der Waals surface area contributed by atoms with Crippen molar-refractivity contribution in [2.45, 2.75) is 13.3 Å². The fourth-order valence-corrected chi connectivity index (χ4v) is 1.18. The molecular formula is C7H8. The Kier molecular flexibility index (Phi) is 0.415. The van der Waals surface area contributed by atoms with E-state index in [9.17, 15) is 0 Å². The molecule has 0 saturated heterocycles. The highest BCUT2D eigenvalue weighted by Gasteiger charge is 2.30. The second-order valence-corrected chi connectivity index (χ2v) is 2.44. The van der Waals surface area contributed by atoms with Crippen LogP contribution in [0.15, 0.2) is 23.3 Å². The van der Waals surface area contributed by atoms with E-state index < -0.39 is 0 Å². The molecule has 1 fully saturated rings. The van der Waals surface area contributed by atoms with E-state index in [1.807, 2.05) is 0 Å². The van der Waals surface area contributed by atoms with Crippen LogP contribution < -0.4 is 0 Å². The lowest BCUT2D eigenvalue weighted by Gasteiger charge is -1.79. The van der Waals surface area contributed by atoms with Crippen molar-refractivity contribution in [1.82, 2.24) is 0 Å². The first-order valence-electron chi connectivity index (χ1n) is 2.75. The maximum absolute atomic E-state index is 2.34. The molecule has 0 nitrogen and oxygen atoms in total. The number of rotatable bonds is 0. The van der Waals surface area contributed by atoms with Gasteiger partial charge < -0.3 is 0 Å². The SMILES string of the molecule is CC1=CC2CC2=C1. The lowest BCUT2D eigenvalue weighted by atomic mass is 10.3. The summed E-state index contributed by atoms with van der Waals surface area (Å²) in [6, 6.07) is 0. The average Bonchev–Trinajstić information content (AvgIpc) is 2.15. The van der Waals surface area contributed by atoms with E-state index in [0.717, 1.165) is 5.92 Å². The number of allylic oxidation sites excluding steroid dienone is 4. The van der Waals surface area contributed by atoms with Gasteiger partial charge in [-0.25, -0.2) is 0 Å². The topological polar surface area (TPSA) is 0 Å². The molecule has 0 aromatic carbocycles. The van der Waals surface area contributed by atoms with Crippen molar-refractivity contribution < 1.29 is 0 Å². The van der Waals surface area contributed by atoms with Gasteiger partial charge in [0.1, 0.15) is 0 Å². The summed E-state index contributed by atoms with van der Waals surface area (Å²) in [6.45, 7) is 2.17. The molecule has 0 spiro atoms. The number of fused-ring (bicyclic) bond motifs is 1. The van der Waals surface area contributed by atoms with Crippen LogP contribution in [0.4, 0.5) is 0 Å². The average molecular weight is 92.1 g/mol. The van der Waals surface area contributed by atoms with Crippen LogP contribution in [0, 0.1) is 5.92 Å². The minimum atomic E-state index is 0.889. The van der Waals surface area contributed by atoms with E-state index in [0.29, 0.717) is 0 Å². The van der Waals surface area contributed by atoms with Gasteiger partial charge in [-0.05, 0) is 13.3 Å². The molecule has 0 heteroatoms. The van der Waals surface area contributed by atoms with E-state index in [1.54, 1.807) is 5.57 Å². The molecule has 2 aliphatic carbocycles. The Morgan fingerprint density at radius 3 is 2.86 bits per heavy atom. The summed E-state index contributed by atoms with van der Waals surface area (Å²) in [7, 11) is 0. The minimum Gasteiger partial charge on any atom is -0.0741 e. The van der Waals surface area contributed by atoms with Gasteiger partial charge in [0.15, 0.2) is 0 Å². The Morgan fingerprint density at radius 2 is 2.57 bits per heavy atom. The van der Waals surface area contributed by atoms with Crippen molar-refractivity contribution >= 4 is 0 Å². The second kappa shape index (κ2) is 0.835. The molecule has 36 valence electrons. The fraction of sp³-hybridized carbons (Fsp3) is 0.429. The summed E-state index contributed by atoms with van der Waals surface area (Å²) in [4.78, 5) is 0. The van der Waals surface area contributed by atoms with Crippen LogP contribution in [0.25, 0.3) is 0 Å². The maximum Gasteiger partial charge on any atom is 0.00235 e. The lowest BCUT2D eigenvalue weighted by molar-refractivity contribution is 1.16. The summed E-state index contributed by atoms with van der Waals surface area (Å²) in [6.07, 6.45) is 6.00. The Hall–Kier alpha value is -0.520. The van der Waals surface area contributed by atoms with Crippen LogP contribution >= 0.6 is 0 Å². The molecule has 2 aliphatic rings. The fourth-order valence-electron chi connectivity index (χ4n) is 1.18. The van der Waals surface area contributed by atoms with Crippen LogP contribution in [0.2, 0.25) is 0 Å². The molecule has 1 saturated carbocycles. The summed E-state index contributed by atoms with van der Waals surface area (Å²) in [5, 5.41) is 0. The van der Waals surface area contributed by atoms with Gasteiger partial charge in [-0.15, -0.1) is 0 Å². The van der Waals surface area contributed by atoms with Crippen molar-refractivity contribution in [3.05, 3.63) is 23.3 Å². The molecule has 0 heterocycles. The van der Waals surface area contributed by atoms with Crippen molar-refractivity contribution in [3.8, 4) is 0 Å². The smallest absolute Gasteiger partial charge is 0.00235 e. The van der Waals surface area contributed by atoms with Gasteiger partial charge in [0, 0.05) is 5.92 Å². The molecule has 0 N–H and O–H groups in total. The highest BCUT2D eigenvalue weighted by Crippen LogP contribution is 2.44. The number of hydrogen-bond acceptors (Lipinski definition) is 0. The van der Waals surface area contributed by atoms with Gasteiger partial charge in [0.25, 0.3) is 0 Å². The third-order valence-corrected chi connectivity index (χ3v) is 1.65. The van der Waals surface area contributed by atoms with E-state index in [-0.39, 0.29) is 0 Å². The van der Waals surface area contributed by atoms with Gasteiger partial charge in [0.05, 0.1) is 0 Å². The Morgan fingerprint density at radius 1 is 1.71 bits per heavy atom. The summed E-state index contributed by atoms with van der Waals surface area (Å²) >= 11 is 0. The maximum atomic E-state index is 2.34. The normalized spacial score (nSPS) is 34.1. The van der Waals surface area contributed by atoms with E-state index in [1.165, 1.54) is 12.0 Å². The van der Waals surface area contributed by atoms with Gasteiger partial charge in [-0.2, -0.15) is 0 Å². The molecule has 1 unspecified atom stereocenters. The third kappa shape index (κ3) is 0.365. The molecule has 0 radical (unpaired) electrons. The molecule has 7 heavy (non-hydrogen) atoms. The van der Waals surface area contributed by atoms with Crippen molar-refractivity contribution in [2.24, 2.45) is 5.92 Å². The third-order valence-electron chi connectivity index (χ3n) is 1.65.